The molecular weight excluding hydrogens is 200 g/mol. The summed E-state index contributed by atoms with van der Waals surface area (Å²) in [5.74, 6) is 0.630. The van der Waals surface area contributed by atoms with Crippen LogP contribution in [-0.4, -0.2) is 37.0 Å². The second-order valence-corrected chi connectivity index (χ2v) is 4.79. The molecule has 0 fully saturated rings. The highest BCUT2D eigenvalue weighted by Crippen LogP contribution is 1.98. The van der Waals surface area contributed by atoms with E-state index in [4.69, 9.17) is 0 Å². The Kier molecular flexibility index (Phi) is 9.30. The van der Waals surface area contributed by atoms with Crippen LogP contribution < -0.4 is 5.32 Å². The lowest BCUT2D eigenvalue weighted by Gasteiger charge is -2.21. The average Bonchev–Trinajstić information content (AvgIpc) is 2.17. The Bertz CT molecular complexity index is 175. The summed E-state index contributed by atoms with van der Waals surface area (Å²) in [5, 5.41) is 2.98. The van der Waals surface area contributed by atoms with Crippen LogP contribution >= 0.6 is 0 Å². The fourth-order valence-corrected chi connectivity index (χ4v) is 1.76. The Morgan fingerprint density at radius 1 is 1.12 bits per heavy atom. The van der Waals surface area contributed by atoms with Gasteiger partial charge in [0.05, 0.1) is 0 Å². The average molecular weight is 228 g/mol. The third-order valence-corrected chi connectivity index (χ3v) is 2.42. The fraction of sp³-hybridized carbons (Fsp3) is 0.923. The van der Waals surface area contributed by atoms with Crippen molar-refractivity contribution < 1.29 is 4.79 Å². The summed E-state index contributed by atoms with van der Waals surface area (Å²) in [5.41, 5.74) is 0. The van der Waals surface area contributed by atoms with Gasteiger partial charge in [0, 0.05) is 19.5 Å². The first-order valence-corrected chi connectivity index (χ1v) is 6.59. The SMILES string of the molecule is CCCN(CCC)CCNC(=O)CC(C)C. The second kappa shape index (κ2) is 9.64. The molecule has 0 saturated carbocycles. The molecule has 0 saturated heterocycles. The van der Waals surface area contributed by atoms with Crippen LogP contribution in [0, 0.1) is 5.92 Å². The van der Waals surface area contributed by atoms with Crippen molar-refractivity contribution in [2.75, 3.05) is 26.2 Å². The van der Waals surface area contributed by atoms with Crippen LogP contribution in [0.4, 0.5) is 0 Å². The van der Waals surface area contributed by atoms with E-state index in [1.54, 1.807) is 0 Å². The van der Waals surface area contributed by atoms with Gasteiger partial charge in [0.25, 0.3) is 0 Å². The van der Waals surface area contributed by atoms with Crippen molar-refractivity contribution in [3.63, 3.8) is 0 Å². The van der Waals surface area contributed by atoms with Gasteiger partial charge < -0.3 is 10.2 Å². The summed E-state index contributed by atoms with van der Waals surface area (Å²) in [6.07, 6.45) is 3.00. The summed E-state index contributed by atoms with van der Waals surface area (Å²) >= 11 is 0. The lowest BCUT2D eigenvalue weighted by molar-refractivity contribution is -0.121. The predicted octanol–water partition coefficient (Wildman–Crippen LogP) is 2.27. The molecule has 0 atom stereocenters. The van der Waals surface area contributed by atoms with Gasteiger partial charge in [-0.05, 0) is 31.8 Å². The zero-order valence-electron chi connectivity index (χ0n) is 11.4. The van der Waals surface area contributed by atoms with Crippen LogP contribution in [0.5, 0.6) is 0 Å². The van der Waals surface area contributed by atoms with Gasteiger partial charge >= 0.3 is 0 Å². The molecule has 0 rings (SSSR count). The Hall–Kier alpha value is -0.570. The van der Waals surface area contributed by atoms with E-state index in [2.05, 4.69) is 37.9 Å². The summed E-state index contributed by atoms with van der Waals surface area (Å²) in [6, 6.07) is 0. The molecule has 1 amide bonds. The van der Waals surface area contributed by atoms with E-state index in [1.165, 1.54) is 12.8 Å². The maximum Gasteiger partial charge on any atom is 0.220 e. The van der Waals surface area contributed by atoms with Gasteiger partial charge in [-0.3, -0.25) is 4.79 Å². The number of nitrogens with one attached hydrogen (secondary N) is 1. The molecule has 0 spiro atoms. The van der Waals surface area contributed by atoms with Crippen molar-refractivity contribution >= 4 is 5.91 Å². The Labute approximate surface area is 101 Å². The third-order valence-electron chi connectivity index (χ3n) is 2.42. The van der Waals surface area contributed by atoms with Crippen LogP contribution in [0.1, 0.15) is 47.0 Å². The summed E-state index contributed by atoms with van der Waals surface area (Å²) in [4.78, 5) is 13.8. The van der Waals surface area contributed by atoms with Crippen molar-refractivity contribution in [3.8, 4) is 0 Å². The molecule has 0 unspecified atom stereocenters. The van der Waals surface area contributed by atoms with Crippen molar-refractivity contribution in [2.24, 2.45) is 5.92 Å². The van der Waals surface area contributed by atoms with E-state index in [0.29, 0.717) is 12.3 Å². The highest BCUT2D eigenvalue weighted by atomic mass is 16.1. The molecule has 0 bridgehead atoms. The molecule has 0 aromatic heterocycles. The molecule has 0 aliphatic rings. The molecule has 96 valence electrons. The maximum atomic E-state index is 11.4. The van der Waals surface area contributed by atoms with Crippen molar-refractivity contribution in [2.45, 2.75) is 47.0 Å². The molecule has 0 aromatic carbocycles. The van der Waals surface area contributed by atoms with Gasteiger partial charge in [-0.15, -0.1) is 0 Å². The first-order valence-electron chi connectivity index (χ1n) is 6.59. The molecule has 3 nitrogen and oxygen atoms in total. The molecule has 3 heteroatoms. The first kappa shape index (κ1) is 15.4. The Balaban J connectivity index is 3.63. The van der Waals surface area contributed by atoms with Crippen molar-refractivity contribution in [1.29, 1.82) is 0 Å². The Morgan fingerprint density at radius 2 is 1.69 bits per heavy atom. The van der Waals surface area contributed by atoms with E-state index in [1.807, 2.05) is 0 Å². The van der Waals surface area contributed by atoms with Crippen molar-refractivity contribution in [3.05, 3.63) is 0 Å². The highest BCUT2D eigenvalue weighted by Gasteiger charge is 2.05. The standard InChI is InChI=1S/C13H28N2O/c1-5-8-15(9-6-2)10-7-14-13(16)11-12(3)4/h12H,5-11H2,1-4H3,(H,14,16). The third kappa shape index (κ3) is 8.72. The van der Waals surface area contributed by atoms with Crippen LogP contribution in [-0.2, 0) is 4.79 Å². The lowest BCUT2D eigenvalue weighted by Crippen LogP contribution is -2.36. The van der Waals surface area contributed by atoms with E-state index >= 15 is 0 Å². The number of carbonyl (C=O) groups is 1. The van der Waals surface area contributed by atoms with Crippen LogP contribution in [0.25, 0.3) is 0 Å². The highest BCUT2D eigenvalue weighted by molar-refractivity contribution is 5.75. The number of carbonyl (C=O) groups excluding carboxylic acids is 1. The number of amides is 1. The van der Waals surface area contributed by atoms with E-state index in [0.717, 1.165) is 26.2 Å². The predicted molar refractivity (Wildman–Crippen MR) is 69.5 cm³/mol. The molecule has 0 radical (unpaired) electrons. The van der Waals surface area contributed by atoms with Gasteiger partial charge in [0.1, 0.15) is 0 Å². The maximum absolute atomic E-state index is 11.4. The number of nitrogens with zero attached hydrogens (tertiary/aromatic N) is 1. The largest absolute Gasteiger partial charge is 0.355 e. The van der Waals surface area contributed by atoms with Crippen LogP contribution in [0.3, 0.4) is 0 Å². The minimum absolute atomic E-state index is 0.183. The smallest absolute Gasteiger partial charge is 0.220 e. The fourth-order valence-electron chi connectivity index (χ4n) is 1.76. The minimum Gasteiger partial charge on any atom is -0.355 e. The van der Waals surface area contributed by atoms with Crippen LogP contribution in [0.15, 0.2) is 0 Å². The normalized spacial score (nSPS) is 11.1. The number of rotatable bonds is 9. The van der Waals surface area contributed by atoms with Crippen LogP contribution in [0.2, 0.25) is 0 Å². The van der Waals surface area contributed by atoms with E-state index in [-0.39, 0.29) is 5.91 Å². The first-order chi connectivity index (χ1) is 7.60. The van der Waals surface area contributed by atoms with Gasteiger partial charge in [-0.25, -0.2) is 0 Å². The van der Waals surface area contributed by atoms with Gasteiger partial charge in [-0.2, -0.15) is 0 Å². The zero-order chi connectivity index (χ0) is 12.4. The van der Waals surface area contributed by atoms with Gasteiger partial charge in [0.15, 0.2) is 0 Å². The quantitative estimate of drug-likeness (QED) is 0.656. The summed E-state index contributed by atoms with van der Waals surface area (Å²) in [7, 11) is 0. The Morgan fingerprint density at radius 3 is 2.12 bits per heavy atom. The second-order valence-electron chi connectivity index (χ2n) is 4.79. The lowest BCUT2D eigenvalue weighted by atomic mass is 10.1. The topological polar surface area (TPSA) is 32.3 Å². The molecule has 0 heterocycles. The van der Waals surface area contributed by atoms with Gasteiger partial charge in [-0.1, -0.05) is 27.7 Å². The van der Waals surface area contributed by atoms with Gasteiger partial charge in [0.2, 0.25) is 5.91 Å². The monoisotopic (exact) mass is 228 g/mol. The molecule has 0 aromatic rings. The van der Waals surface area contributed by atoms with E-state index < -0.39 is 0 Å². The minimum atomic E-state index is 0.183. The summed E-state index contributed by atoms with van der Waals surface area (Å²) in [6.45, 7) is 12.6. The molecule has 1 N–H and O–H groups in total. The molecule has 0 aliphatic carbocycles. The number of hydrogen-bond donors (Lipinski definition) is 1. The molecular formula is C13H28N2O. The summed E-state index contributed by atoms with van der Waals surface area (Å²) < 4.78 is 0. The molecule has 0 aliphatic heterocycles. The van der Waals surface area contributed by atoms with Crippen molar-refractivity contribution in [1.82, 2.24) is 10.2 Å². The van der Waals surface area contributed by atoms with E-state index in [9.17, 15) is 4.79 Å². The molecule has 16 heavy (non-hydrogen) atoms. The zero-order valence-corrected chi connectivity index (χ0v) is 11.4. The number of hydrogen-bond acceptors (Lipinski definition) is 2.